The molecule has 5 nitrogen and oxygen atoms in total. The molecule has 1 rings (SSSR count). The zero-order valence-electron chi connectivity index (χ0n) is 9.45. The maximum atomic E-state index is 11.2. The lowest BCUT2D eigenvalue weighted by molar-refractivity contribution is 0.0924. The summed E-state index contributed by atoms with van der Waals surface area (Å²) in [7, 11) is 0. The Morgan fingerprint density at radius 3 is 2.94 bits per heavy atom. The highest BCUT2D eigenvalue weighted by Crippen LogP contribution is 2.20. The molecular formula is C10H17N3O2S. The first-order valence-electron chi connectivity index (χ1n) is 4.98. The fourth-order valence-electron chi connectivity index (χ4n) is 1.20. The number of nitrogen functional groups attached to an aromatic ring is 1. The van der Waals surface area contributed by atoms with Crippen molar-refractivity contribution >= 4 is 17.7 Å². The van der Waals surface area contributed by atoms with E-state index in [4.69, 9.17) is 16.0 Å². The van der Waals surface area contributed by atoms with E-state index >= 15 is 0 Å². The molecule has 0 radical (unpaired) electrons. The van der Waals surface area contributed by atoms with Gasteiger partial charge in [0.25, 0.3) is 0 Å². The summed E-state index contributed by atoms with van der Waals surface area (Å²) in [6, 6.07) is 1.88. The van der Waals surface area contributed by atoms with E-state index in [0.717, 1.165) is 22.8 Å². The smallest absolute Gasteiger partial charge is 0.300 e. The fraction of sp³-hybridized carbons (Fsp3) is 0.500. The van der Waals surface area contributed by atoms with Crippen LogP contribution in [-0.2, 0) is 5.75 Å². The zero-order chi connectivity index (χ0) is 12.1. The molecule has 1 aromatic rings. The Morgan fingerprint density at radius 1 is 1.69 bits per heavy atom. The van der Waals surface area contributed by atoms with Crippen molar-refractivity contribution in [3.63, 3.8) is 0 Å². The normalized spacial score (nSPS) is 12.5. The number of aryl methyl sites for hydroxylation is 1. The molecule has 16 heavy (non-hydrogen) atoms. The summed E-state index contributed by atoms with van der Waals surface area (Å²) >= 11 is 1.71. The van der Waals surface area contributed by atoms with Crippen LogP contribution in [0.25, 0.3) is 0 Å². The average molecular weight is 243 g/mol. The summed E-state index contributed by atoms with van der Waals surface area (Å²) in [5.41, 5.74) is 8.69. The SMILES string of the molecule is Cc1oc(C(=O)NN)cc1CSCC(C)N. The van der Waals surface area contributed by atoms with Crippen molar-refractivity contribution in [3.8, 4) is 0 Å². The van der Waals surface area contributed by atoms with E-state index in [1.54, 1.807) is 17.8 Å². The number of thioether (sulfide) groups is 1. The van der Waals surface area contributed by atoms with Crippen molar-refractivity contribution in [2.24, 2.45) is 11.6 Å². The first kappa shape index (κ1) is 13.1. The maximum absolute atomic E-state index is 11.2. The molecule has 0 saturated heterocycles. The van der Waals surface area contributed by atoms with Crippen LogP contribution >= 0.6 is 11.8 Å². The van der Waals surface area contributed by atoms with Gasteiger partial charge in [-0.2, -0.15) is 11.8 Å². The quantitative estimate of drug-likeness (QED) is 0.403. The molecule has 1 unspecified atom stereocenters. The van der Waals surface area contributed by atoms with Crippen LogP contribution in [0.5, 0.6) is 0 Å². The van der Waals surface area contributed by atoms with Gasteiger partial charge in [0, 0.05) is 23.1 Å². The molecule has 1 atom stereocenters. The van der Waals surface area contributed by atoms with Gasteiger partial charge in [0.15, 0.2) is 5.76 Å². The Bertz CT molecular complexity index is 363. The average Bonchev–Trinajstić information content (AvgIpc) is 2.59. The van der Waals surface area contributed by atoms with Crippen molar-refractivity contribution < 1.29 is 9.21 Å². The number of furan rings is 1. The second-order valence-corrected chi connectivity index (χ2v) is 4.69. The van der Waals surface area contributed by atoms with Crippen molar-refractivity contribution in [1.82, 2.24) is 5.43 Å². The lowest BCUT2D eigenvalue weighted by atomic mass is 10.3. The van der Waals surface area contributed by atoms with Gasteiger partial charge in [-0.05, 0) is 19.9 Å². The summed E-state index contributed by atoms with van der Waals surface area (Å²) in [6.45, 7) is 3.79. The van der Waals surface area contributed by atoms with Crippen molar-refractivity contribution in [1.29, 1.82) is 0 Å². The molecule has 90 valence electrons. The third-order valence-electron chi connectivity index (χ3n) is 2.01. The van der Waals surface area contributed by atoms with Crippen LogP contribution < -0.4 is 17.0 Å². The summed E-state index contributed by atoms with van der Waals surface area (Å²) in [4.78, 5) is 11.2. The van der Waals surface area contributed by atoms with Gasteiger partial charge in [-0.25, -0.2) is 5.84 Å². The number of hydrazine groups is 1. The molecule has 0 fully saturated rings. The van der Waals surface area contributed by atoms with Gasteiger partial charge in [-0.1, -0.05) is 0 Å². The summed E-state index contributed by atoms with van der Waals surface area (Å²) in [5.74, 6) is 7.27. The van der Waals surface area contributed by atoms with Gasteiger partial charge >= 0.3 is 5.91 Å². The van der Waals surface area contributed by atoms with Gasteiger partial charge in [0.05, 0.1) is 0 Å². The summed E-state index contributed by atoms with van der Waals surface area (Å²) < 4.78 is 5.29. The van der Waals surface area contributed by atoms with E-state index in [0.29, 0.717) is 0 Å². The summed E-state index contributed by atoms with van der Waals surface area (Å²) in [5, 5.41) is 0. The highest BCUT2D eigenvalue weighted by Gasteiger charge is 2.13. The van der Waals surface area contributed by atoms with Gasteiger partial charge in [0.1, 0.15) is 5.76 Å². The third kappa shape index (κ3) is 3.55. The zero-order valence-corrected chi connectivity index (χ0v) is 10.3. The molecule has 1 amide bonds. The lowest BCUT2D eigenvalue weighted by Gasteiger charge is -2.03. The van der Waals surface area contributed by atoms with Gasteiger partial charge in [-0.15, -0.1) is 0 Å². The first-order chi connectivity index (χ1) is 7.54. The number of carbonyl (C=O) groups is 1. The van der Waals surface area contributed by atoms with Crippen molar-refractivity contribution in [2.45, 2.75) is 25.6 Å². The second-order valence-electron chi connectivity index (χ2n) is 3.66. The standard InChI is InChI=1S/C10H17N3O2S/c1-6(11)4-16-5-8-3-9(10(14)13-12)15-7(8)2/h3,6H,4-5,11-12H2,1-2H3,(H,13,14). The Labute approximate surface area is 98.9 Å². The monoisotopic (exact) mass is 243 g/mol. The maximum Gasteiger partial charge on any atom is 0.300 e. The predicted octanol–water partition coefficient (Wildman–Crippen LogP) is 0.772. The molecule has 6 heteroatoms. The molecule has 1 heterocycles. The number of rotatable bonds is 5. The first-order valence-corrected chi connectivity index (χ1v) is 6.13. The molecule has 0 aromatic carbocycles. The highest BCUT2D eigenvalue weighted by atomic mass is 32.2. The Kier molecular flexibility index (Phi) is 4.85. The molecule has 0 aliphatic heterocycles. The molecule has 0 spiro atoms. The van der Waals surface area contributed by atoms with Crippen LogP contribution in [-0.4, -0.2) is 17.7 Å². The van der Waals surface area contributed by atoms with Crippen molar-refractivity contribution in [2.75, 3.05) is 5.75 Å². The number of amides is 1. The van der Waals surface area contributed by atoms with E-state index < -0.39 is 5.91 Å². The molecule has 0 bridgehead atoms. The molecule has 1 aromatic heterocycles. The van der Waals surface area contributed by atoms with Crippen LogP contribution in [0.1, 0.15) is 28.8 Å². The number of hydrogen-bond acceptors (Lipinski definition) is 5. The second kappa shape index (κ2) is 5.93. The van der Waals surface area contributed by atoms with Gasteiger partial charge in [0.2, 0.25) is 0 Å². The van der Waals surface area contributed by atoms with E-state index in [9.17, 15) is 4.79 Å². The number of hydrogen-bond donors (Lipinski definition) is 3. The highest BCUT2D eigenvalue weighted by molar-refractivity contribution is 7.98. The van der Waals surface area contributed by atoms with Gasteiger partial charge in [-0.3, -0.25) is 10.2 Å². The predicted molar refractivity (Wildman–Crippen MR) is 64.9 cm³/mol. The minimum absolute atomic E-state index is 0.170. The van der Waals surface area contributed by atoms with Crippen LogP contribution in [0, 0.1) is 6.92 Å². The third-order valence-corrected chi connectivity index (χ3v) is 3.29. The van der Waals surface area contributed by atoms with E-state index in [-0.39, 0.29) is 11.8 Å². The molecule has 5 N–H and O–H groups in total. The molecule has 0 aliphatic carbocycles. The topological polar surface area (TPSA) is 94.3 Å². The van der Waals surface area contributed by atoms with Crippen LogP contribution in [0.3, 0.4) is 0 Å². The Morgan fingerprint density at radius 2 is 2.38 bits per heavy atom. The van der Waals surface area contributed by atoms with Crippen molar-refractivity contribution in [3.05, 3.63) is 23.2 Å². The minimum atomic E-state index is -0.411. The van der Waals surface area contributed by atoms with Crippen LogP contribution in [0.2, 0.25) is 0 Å². The van der Waals surface area contributed by atoms with E-state index in [2.05, 4.69) is 0 Å². The summed E-state index contributed by atoms with van der Waals surface area (Å²) in [6.07, 6.45) is 0. The fourth-order valence-corrected chi connectivity index (χ4v) is 2.20. The molecular weight excluding hydrogens is 226 g/mol. The number of nitrogens with two attached hydrogens (primary N) is 2. The number of carbonyl (C=O) groups excluding carboxylic acids is 1. The molecule has 0 saturated carbocycles. The number of nitrogens with one attached hydrogen (secondary N) is 1. The minimum Gasteiger partial charge on any atom is -0.456 e. The van der Waals surface area contributed by atoms with Gasteiger partial charge < -0.3 is 10.2 Å². The van der Waals surface area contributed by atoms with E-state index in [1.807, 2.05) is 19.3 Å². The van der Waals surface area contributed by atoms with E-state index in [1.165, 1.54) is 0 Å². The van der Waals surface area contributed by atoms with Crippen LogP contribution in [0.15, 0.2) is 10.5 Å². The lowest BCUT2D eigenvalue weighted by Crippen LogP contribution is -2.29. The van der Waals surface area contributed by atoms with Crippen LogP contribution in [0.4, 0.5) is 0 Å². The Hall–Kier alpha value is -0.980. The molecule has 0 aliphatic rings. The largest absolute Gasteiger partial charge is 0.456 e. The Balaban J connectivity index is 2.60.